The van der Waals surface area contributed by atoms with Gasteiger partial charge in [0.25, 0.3) is 0 Å². The van der Waals surface area contributed by atoms with Crippen molar-refractivity contribution in [2.75, 3.05) is 33.2 Å². The number of amides is 2. The molecule has 0 aliphatic carbocycles. The fourth-order valence-corrected chi connectivity index (χ4v) is 1.72. The van der Waals surface area contributed by atoms with Crippen molar-refractivity contribution >= 4 is 12.2 Å². The third-order valence-electron chi connectivity index (χ3n) is 2.75. The van der Waals surface area contributed by atoms with E-state index in [0.717, 1.165) is 25.9 Å². The van der Waals surface area contributed by atoms with Gasteiger partial charge in [-0.3, -0.25) is 0 Å². The van der Waals surface area contributed by atoms with Crippen LogP contribution in [0.3, 0.4) is 0 Å². The van der Waals surface area contributed by atoms with Crippen molar-refractivity contribution in [1.29, 1.82) is 0 Å². The van der Waals surface area contributed by atoms with Crippen LogP contribution in [0.4, 0.5) is 9.59 Å². The summed E-state index contributed by atoms with van der Waals surface area (Å²) in [7, 11) is 1.73. The van der Waals surface area contributed by atoms with Gasteiger partial charge in [-0.15, -0.1) is 0 Å². The molecule has 0 spiro atoms. The minimum atomic E-state index is -0.470. The normalized spacial score (nSPS) is 11.8. The second-order valence-corrected chi connectivity index (χ2v) is 7.79. The minimum absolute atomic E-state index is 0.302. The summed E-state index contributed by atoms with van der Waals surface area (Å²) in [6, 6.07) is 0. The zero-order chi connectivity index (χ0) is 18.8. The van der Waals surface area contributed by atoms with E-state index in [2.05, 4.69) is 10.6 Å². The maximum atomic E-state index is 11.8. The molecule has 0 unspecified atom stereocenters. The smallest absolute Gasteiger partial charge is 0.410 e. The highest BCUT2D eigenvalue weighted by Gasteiger charge is 2.19. The van der Waals surface area contributed by atoms with E-state index >= 15 is 0 Å². The maximum Gasteiger partial charge on any atom is 0.410 e. The Balaban J connectivity index is 3.58. The molecular weight excluding hydrogens is 310 g/mol. The van der Waals surface area contributed by atoms with Crippen molar-refractivity contribution < 1.29 is 19.1 Å². The summed E-state index contributed by atoms with van der Waals surface area (Å²) in [6.45, 7) is 13.9. The van der Waals surface area contributed by atoms with Crippen molar-refractivity contribution in [3.05, 3.63) is 0 Å². The molecule has 0 aliphatic rings. The van der Waals surface area contributed by atoms with Gasteiger partial charge in [0.05, 0.1) is 0 Å². The first-order valence-electron chi connectivity index (χ1n) is 8.52. The summed E-state index contributed by atoms with van der Waals surface area (Å²) >= 11 is 0. The van der Waals surface area contributed by atoms with Crippen LogP contribution in [0, 0.1) is 0 Å². The van der Waals surface area contributed by atoms with Crippen LogP contribution in [0.1, 0.15) is 54.4 Å². The molecule has 142 valence electrons. The Morgan fingerprint density at radius 2 is 1.42 bits per heavy atom. The lowest BCUT2D eigenvalue weighted by Gasteiger charge is -2.24. The summed E-state index contributed by atoms with van der Waals surface area (Å²) in [5.74, 6) is 0. The molecule has 24 heavy (non-hydrogen) atoms. The molecule has 0 aromatic carbocycles. The van der Waals surface area contributed by atoms with E-state index < -0.39 is 11.2 Å². The number of nitrogens with one attached hydrogen (secondary N) is 2. The Morgan fingerprint density at radius 1 is 0.875 bits per heavy atom. The van der Waals surface area contributed by atoms with Crippen molar-refractivity contribution in [2.24, 2.45) is 0 Å². The van der Waals surface area contributed by atoms with E-state index in [1.807, 2.05) is 41.5 Å². The zero-order valence-corrected chi connectivity index (χ0v) is 16.3. The summed E-state index contributed by atoms with van der Waals surface area (Å²) in [4.78, 5) is 24.8. The molecule has 7 nitrogen and oxygen atoms in total. The molecule has 0 radical (unpaired) electrons. The molecule has 0 saturated heterocycles. The summed E-state index contributed by atoms with van der Waals surface area (Å²) < 4.78 is 10.4. The lowest BCUT2D eigenvalue weighted by Crippen LogP contribution is -2.36. The first kappa shape index (κ1) is 22.5. The highest BCUT2D eigenvalue weighted by molar-refractivity contribution is 5.67. The minimum Gasteiger partial charge on any atom is -0.444 e. The largest absolute Gasteiger partial charge is 0.444 e. The average Bonchev–Trinajstić information content (AvgIpc) is 2.37. The molecule has 0 heterocycles. The van der Waals surface area contributed by atoms with Crippen LogP contribution in [0.2, 0.25) is 0 Å². The van der Waals surface area contributed by atoms with Gasteiger partial charge in [-0.05, 0) is 67.5 Å². The summed E-state index contributed by atoms with van der Waals surface area (Å²) in [5.41, 5.74) is -0.937. The highest BCUT2D eigenvalue weighted by Crippen LogP contribution is 2.09. The average molecular weight is 345 g/mol. The van der Waals surface area contributed by atoms with Crippen LogP contribution in [-0.4, -0.2) is 61.5 Å². The van der Waals surface area contributed by atoms with Gasteiger partial charge in [0.15, 0.2) is 0 Å². The molecule has 0 saturated carbocycles. The van der Waals surface area contributed by atoms with Crippen molar-refractivity contribution in [1.82, 2.24) is 15.5 Å². The third kappa shape index (κ3) is 14.1. The van der Waals surface area contributed by atoms with Crippen LogP contribution < -0.4 is 10.6 Å². The summed E-state index contributed by atoms with van der Waals surface area (Å²) in [5, 5.41) is 5.99. The van der Waals surface area contributed by atoms with Crippen LogP contribution in [0.5, 0.6) is 0 Å². The SMILES string of the molecule is CN(CCCNCCCNC(=O)OC(C)(C)C)C(=O)OC(C)(C)C. The van der Waals surface area contributed by atoms with Gasteiger partial charge in [0.1, 0.15) is 11.2 Å². The molecular formula is C17H35N3O4. The van der Waals surface area contributed by atoms with E-state index in [9.17, 15) is 9.59 Å². The topological polar surface area (TPSA) is 79.9 Å². The van der Waals surface area contributed by atoms with Crippen LogP contribution in [0.25, 0.3) is 0 Å². The quantitative estimate of drug-likeness (QED) is 0.661. The highest BCUT2D eigenvalue weighted by atomic mass is 16.6. The van der Waals surface area contributed by atoms with Crippen LogP contribution in [0.15, 0.2) is 0 Å². The number of hydrogen-bond donors (Lipinski definition) is 2. The first-order chi connectivity index (χ1) is 10.9. The Hall–Kier alpha value is -1.50. The predicted octanol–water partition coefficient (Wildman–Crippen LogP) is 2.75. The molecule has 0 aromatic rings. The van der Waals surface area contributed by atoms with Gasteiger partial charge in [0.2, 0.25) is 0 Å². The van der Waals surface area contributed by atoms with Gasteiger partial charge in [-0.2, -0.15) is 0 Å². The molecule has 2 amide bonds. The molecule has 0 fully saturated rings. The Labute approximate surface area is 146 Å². The molecule has 0 rings (SSSR count). The number of carbonyl (C=O) groups is 2. The lowest BCUT2D eigenvalue weighted by molar-refractivity contribution is 0.0297. The predicted molar refractivity (Wildman–Crippen MR) is 95.2 cm³/mol. The fourth-order valence-electron chi connectivity index (χ4n) is 1.72. The van der Waals surface area contributed by atoms with Gasteiger partial charge in [0, 0.05) is 20.1 Å². The van der Waals surface area contributed by atoms with E-state index in [4.69, 9.17) is 9.47 Å². The van der Waals surface area contributed by atoms with Crippen LogP contribution in [-0.2, 0) is 9.47 Å². The Kier molecular flexibility index (Phi) is 9.73. The Bertz CT molecular complexity index is 386. The number of ether oxygens (including phenoxy) is 2. The zero-order valence-electron chi connectivity index (χ0n) is 16.3. The fraction of sp³-hybridized carbons (Fsp3) is 0.882. The van der Waals surface area contributed by atoms with E-state index in [1.165, 1.54) is 0 Å². The monoisotopic (exact) mass is 345 g/mol. The van der Waals surface area contributed by atoms with Gasteiger partial charge in [-0.1, -0.05) is 0 Å². The van der Waals surface area contributed by atoms with Crippen molar-refractivity contribution in [3.63, 3.8) is 0 Å². The number of rotatable bonds is 8. The van der Waals surface area contributed by atoms with E-state index in [1.54, 1.807) is 11.9 Å². The third-order valence-corrected chi connectivity index (χ3v) is 2.75. The van der Waals surface area contributed by atoms with Gasteiger partial charge < -0.3 is 25.0 Å². The molecule has 0 aromatic heterocycles. The number of hydrogen-bond acceptors (Lipinski definition) is 5. The van der Waals surface area contributed by atoms with Crippen LogP contribution >= 0.6 is 0 Å². The molecule has 0 atom stereocenters. The molecule has 0 bridgehead atoms. The first-order valence-corrected chi connectivity index (χ1v) is 8.52. The standard InChI is InChI=1S/C17H35N3O4/c1-16(2,3)23-14(21)19-12-8-10-18-11-9-13-20(7)15(22)24-17(4,5)6/h18H,8-13H2,1-7H3,(H,19,21). The number of nitrogens with zero attached hydrogens (tertiary/aromatic N) is 1. The van der Waals surface area contributed by atoms with Crippen molar-refractivity contribution in [2.45, 2.75) is 65.6 Å². The summed E-state index contributed by atoms with van der Waals surface area (Å²) in [6.07, 6.45) is 0.974. The molecule has 0 aliphatic heterocycles. The second kappa shape index (κ2) is 10.4. The number of alkyl carbamates (subject to hydrolysis) is 1. The van der Waals surface area contributed by atoms with Gasteiger partial charge >= 0.3 is 12.2 Å². The lowest BCUT2D eigenvalue weighted by atomic mass is 10.2. The maximum absolute atomic E-state index is 11.8. The second-order valence-electron chi connectivity index (χ2n) is 7.79. The van der Waals surface area contributed by atoms with Crippen molar-refractivity contribution in [3.8, 4) is 0 Å². The van der Waals surface area contributed by atoms with E-state index in [-0.39, 0.29) is 12.2 Å². The molecule has 2 N–H and O–H groups in total. The Morgan fingerprint density at radius 3 is 1.96 bits per heavy atom. The van der Waals surface area contributed by atoms with Gasteiger partial charge in [-0.25, -0.2) is 9.59 Å². The van der Waals surface area contributed by atoms with E-state index in [0.29, 0.717) is 13.1 Å². The number of carbonyl (C=O) groups excluding carboxylic acids is 2. The molecule has 7 heteroatoms.